The summed E-state index contributed by atoms with van der Waals surface area (Å²) in [5.74, 6) is -1.84. The number of quaternary nitrogens is 1. The van der Waals surface area contributed by atoms with Crippen molar-refractivity contribution >= 4 is 41.0 Å². The van der Waals surface area contributed by atoms with E-state index in [1.165, 1.54) is 18.3 Å². The molecule has 1 aliphatic heterocycles. The fraction of sp³-hybridized carbons (Fsp3) is 0.300. The van der Waals surface area contributed by atoms with Gasteiger partial charge < -0.3 is 5.32 Å². The molecular weight excluding hydrogens is 455 g/mol. The molecule has 34 heavy (non-hydrogen) atoms. The number of carbonyl (C=O) groups is 1. The summed E-state index contributed by atoms with van der Waals surface area (Å²) < 4.78 is 39.0. The third kappa shape index (κ3) is 4.03. The summed E-state index contributed by atoms with van der Waals surface area (Å²) in [5, 5.41) is 12.5. The number of nitrogens with zero attached hydrogens (tertiary/aromatic N) is 6. The Labute approximate surface area is 190 Å². The van der Waals surface area contributed by atoms with Crippen LogP contribution in [0.4, 0.5) is 42.3 Å². The number of carbonyl (C=O) groups excluding carboxylic acids is 1. The van der Waals surface area contributed by atoms with Gasteiger partial charge in [0.25, 0.3) is 0 Å². The van der Waals surface area contributed by atoms with Crippen LogP contribution in [0, 0.1) is 12.8 Å². The molecule has 1 fully saturated rings. The predicted molar refractivity (Wildman–Crippen MR) is 115 cm³/mol. The third-order valence-electron chi connectivity index (χ3n) is 5.20. The summed E-state index contributed by atoms with van der Waals surface area (Å²) in [5.41, 5.74) is 0.373. The molecule has 14 heteroatoms. The van der Waals surface area contributed by atoms with Gasteiger partial charge in [-0.2, -0.15) is 33.2 Å². The van der Waals surface area contributed by atoms with E-state index in [4.69, 9.17) is 4.84 Å². The number of aromatic amines is 1. The van der Waals surface area contributed by atoms with Gasteiger partial charge in [0.1, 0.15) is 11.5 Å². The molecule has 3 aromatic rings. The largest absolute Gasteiger partial charge is 0.497 e. The Hall–Kier alpha value is -4.07. The number of aliphatic imine (C=N–C) groups is 1. The minimum Gasteiger partial charge on any atom is -0.354 e. The molecule has 0 bridgehead atoms. The van der Waals surface area contributed by atoms with E-state index in [-0.39, 0.29) is 40.9 Å². The Morgan fingerprint density at radius 1 is 1.21 bits per heavy atom. The van der Waals surface area contributed by atoms with Crippen molar-refractivity contribution in [2.75, 3.05) is 17.2 Å². The molecule has 3 N–H and O–H groups in total. The highest BCUT2D eigenvalue weighted by Gasteiger charge is 2.59. The number of rotatable bonds is 6. The lowest BCUT2D eigenvalue weighted by atomic mass is 10.2. The summed E-state index contributed by atoms with van der Waals surface area (Å²) in [6, 6.07) is 7.83. The predicted octanol–water partition coefficient (Wildman–Crippen LogP) is 3.50. The van der Waals surface area contributed by atoms with E-state index in [1.807, 2.05) is 0 Å². The summed E-state index contributed by atoms with van der Waals surface area (Å²) >= 11 is 0. The summed E-state index contributed by atoms with van der Waals surface area (Å²) in [6.07, 6.45) is -1.63. The van der Waals surface area contributed by atoms with Gasteiger partial charge in [-0.25, -0.2) is 9.63 Å². The first kappa shape index (κ1) is 21.8. The Morgan fingerprint density at radius 3 is 2.71 bits per heavy atom. The van der Waals surface area contributed by atoms with E-state index >= 15 is 0 Å². The highest BCUT2D eigenvalue weighted by atomic mass is 19.4. The Kier molecular flexibility index (Phi) is 5.16. The maximum atomic E-state index is 13.4. The van der Waals surface area contributed by atoms with Crippen molar-refractivity contribution in [1.82, 2.24) is 29.8 Å². The number of aryl methyl sites for hydroxylation is 1. The number of benzene rings is 1. The van der Waals surface area contributed by atoms with Crippen LogP contribution < -0.4 is 15.3 Å². The summed E-state index contributed by atoms with van der Waals surface area (Å²) in [4.78, 5) is 34.6. The number of para-hydroxylation sites is 2. The molecule has 2 aromatic heterocycles. The molecule has 1 aliphatic carbocycles. The van der Waals surface area contributed by atoms with Crippen LogP contribution in [0.25, 0.3) is 0 Å². The van der Waals surface area contributed by atoms with Crippen LogP contribution in [0.15, 0.2) is 41.5 Å². The van der Waals surface area contributed by atoms with Gasteiger partial charge in [0.15, 0.2) is 5.82 Å². The van der Waals surface area contributed by atoms with Crippen LogP contribution >= 0.6 is 0 Å². The zero-order chi connectivity index (χ0) is 23.9. The van der Waals surface area contributed by atoms with Crippen LogP contribution in [0.1, 0.15) is 18.7 Å². The van der Waals surface area contributed by atoms with Crippen LogP contribution in [-0.2, 0) is 9.63 Å². The van der Waals surface area contributed by atoms with Crippen molar-refractivity contribution in [3.05, 3.63) is 42.4 Å². The fourth-order valence-electron chi connectivity index (χ4n) is 3.43. The van der Waals surface area contributed by atoms with Crippen molar-refractivity contribution in [2.24, 2.45) is 10.9 Å². The number of hydrogen-bond acceptors (Lipinski definition) is 9. The second-order valence-corrected chi connectivity index (χ2v) is 7.82. The maximum Gasteiger partial charge on any atom is 0.497 e. The Morgan fingerprint density at radius 2 is 2.00 bits per heavy atom. The number of anilines is 2. The Bertz CT molecular complexity index is 1260. The van der Waals surface area contributed by atoms with Crippen LogP contribution in [0.3, 0.4) is 0 Å². The number of halogens is 3. The van der Waals surface area contributed by atoms with Crippen molar-refractivity contribution in [1.29, 1.82) is 0 Å². The van der Waals surface area contributed by atoms with Crippen molar-refractivity contribution in [3.63, 3.8) is 0 Å². The van der Waals surface area contributed by atoms with E-state index in [2.05, 4.69) is 40.8 Å². The number of aromatic nitrogens is 5. The molecule has 0 spiro atoms. The van der Waals surface area contributed by atoms with Gasteiger partial charge >= 0.3 is 24.1 Å². The average Bonchev–Trinajstić information content (AvgIpc) is 3.38. The Balaban J connectivity index is 1.67. The zero-order valence-corrected chi connectivity index (χ0v) is 17.8. The first-order valence-corrected chi connectivity index (χ1v) is 10.4. The lowest BCUT2D eigenvalue weighted by molar-refractivity contribution is -0.217. The fourth-order valence-corrected chi connectivity index (χ4v) is 3.43. The maximum absolute atomic E-state index is 13.4. The number of H-pyrrole nitrogens is 1. The molecule has 0 saturated heterocycles. The molecular formula is C20H19F3N9O2+. The second-order valence-electron chi connectivity index (χ2n) is 7.82. The SMILES string of the molecule is Cc1nc(NCC2CC2)nc([N+]2(OC(=O)C(F)(F)F)C(Nc3cc[nH]n3)=Nc3ccccc32)n1. The van der Waals surface area contributed by atoms with Gasteiger partial charge in [0, 0.05) is 29.5 Å². The molecule has 1 aromatic carbocycles. The van der Waals surface area contributed by atoms with E-state index in [0.717, 1.165) is 12.8 Å². The summed E-state index contributed by atoms with van der Waals surface area (Å²) in [6.45, 7) is 2.17. The monoisotopic (exact) mass is 474 g/mol. The standard InChI is InChI=1S/C20H19F3N9O2/c1-11-26-17(24-10-12-6-7-12)30-18(27-11)32(34-16(33)20(21,22)23)14-5-3-2-4-13(14)28-19(32)29-15-8-9-25-31-15/h2-5,8-9,12H,6-7,10H2,1H3,(H,24,26,27,30)(H2,25,28,29,31)/q+1. The lowest BCUT2D eigenvalue weighted by Crippen LogP contribution is -2.55. The molecule has 3 heterocycles. The molecule has 11 nitrogen and oxygen atoms in total. The van der Waals surface area contributed by atoms with Crippen molar-refractivity contribution in [2.45, 2.75) is 25.9 Å². The van der Waals surface area contributed by atoms with Gasteiger partial charge in [-0.3, -0.25) is 10.4 Å². The molecule has 176 valence electrons. The minimum absolute atomic E-state index is 0.108. The lowest BCUT2D eigenvalue weighted by Gasteiger charge is -2.28. The average molecular weight is 474 g/mol. The number of nitrogens with one attached hydrogen (secondary N) is 3. The van der Waals surface area contributed by atoms with Crippen molar-refractivity contribution < 1.29 is 22.8 Å². The van der Waals surface area contributed by atoms with Gasteiger partial charge in [-0.05, 0) is 31.7 Å². The number of fused-ring (bicyclic) bond motifs is 1. The number of alkyl halides is 3. The number of hydroxylamine groups is 1. The normalized spacial score (nSPS) is 19.4. The van der Waals surface area contributed by atoms with Gasteiger partial charge in [0.2, 0.25) is 11.6 Å². The smallest absolute Gasteiger partial charge is 0.354 e. The minimum atomic E-state index is -5.28. The molecule has 1 atom stereocenters. The highest BCUT2D eigenvalue weighted by Crippen LogP contribution is 2.46. The van der Waals surface area contributed by atoms with Gasteiger partial charge in [-0.1, -0.05) is 12.1 Å². The quantitative estimate of drug-likeness (QED) is 0.463. The highest BCUT2D eigenvalue weighted by molar-refractivity contribution is 6.10. The zero-order valence-electron chi connectivity index (χ0n) is 17.8. The molecule has 5 rings (SSSR count). The van der Waals surface area contributed by atoms with E-state index in [1.54, 1.807) is 25.1 Å². The van der Waals surface area contributed by atoms with E-state index in [0.29, 0.717) is 12.5 Å². The van der Waals surface area contributed by atoms with E-state index in [9.17, 15) is 18.0 Å². The number of hydrogen-bond donors (Lipinski definition) is 3. The topological polar surface area (TPSA) is 130 Å². The van der Waals surface area contributed by atoms with Gasteiger partial charge in [-0.15, -0.1) is 4.98 Å². The van der Waals surface area contributed by atoms with Crippen LogP contribution in [0.5, 0.6) is 0 Å². The molecule has 1 saturated carbocycles. The van der Waals surface area contributed by atoms with E-state index < -0.39 is 16.8 Å². The number of guanidine groups is 1. The first-order chi connectivity index (χ1) is 16.3. The summed E-state index contributed by atoms with van der Waals surface area (Å²) in [7, 11) is 0. The first-order valence-electron chi connectivity index (χ1n) is 10.4. The molecule has 1 unspecified atom stereocenters. The molecule has 2 aliphatic rings. The van der Waals surface area contributed by atoms with Crippen LogP contribution in [-0.4, -0.2) is 49.8 Å². The third-order valence-corrected chi connectivity index (χ3v) is 5.20. The van der Waals surface area contributed by atoms with Gasteiger partial charge in [0.05, 0.1) is 0 Å². The van der Waals surface area contributed by atoms with Crippen molar-refractivity contribution in [3.8, 4) is 0 Å². The second kappa shape index (κ2) is 8.06. The van der Waals surface area contributed by atoms with Crippen LogP contribution in [0.2, 0.25) is 0 Å². The molecule has 0 amide bonds. The molecule has 0 radical (unpaired) electrons.